The Morgan fingerprint density at radius 1 is 0.529 bits per heavy atom. The van der Waals surface area contributed by atoms with Crippen molar-refractivity contribution in [2.24, 2.45) is 46.3 Å². The van der Waals surface area contributed by atoms with Crippen LogP contribution in [-0.2, 0) is 35.5 Å². The van der Waals surface area contributed by atoms with Crippen LogP contribution in [0.2, 0.25) is 0 Å². The molecule has 0 spiro atoms. The molecule has 0 aromatic carbocycles. The number of carbonyl (C=O) groups is 2. The van der Waals surface area contributed by atoms with Crippen LogP contribution in [0.25, 0.3) is 0 Å². The van der Waals surface area contributed by atoms with E-state index in [0.29, 0.717) is 36.8 Å². The summed E-state index contributed by atoms with van der Waals surface area (Å²) in [6, 6.07) is -4.46. The second-order valence-electron chi connectivity index (χ2n) is 23.0. The fourth-order valence-electron chi connectivity index (χ4n) is 16.2. The minimum Gasteiger partial charge on any atom is -0.395 e. The van der Waals surface area contributed by atoms with Crippen LogP contribution in [0, 0.1) is 46.3 Å². The first kappa shape index (κ1) is 49.8. The van der Waals surface area contributed by atoms with E-state index >= 15 is 0 Å². The van der Waals surface area contributed by atoms with Gasteiger partial charge in [0.15, 0.2) is 0 Å². The van der Waals surface area contributed by atoms with Crippen molar-refractivity contribution in [3.8, 4) is 0 Å². The van der Waals surface area contributed by atoms with Crippen molar-refractivity contribution in [3.05, 3.63) is 23.8 Å². The number of amides is 2. The summed E-state index contributed by atoms with van der Waals surface area (Å²) in [5, 5.41) is 105. The van der Waals surface area contributed by atoms with E-state index in [4.69, 9.17) is 0 Å². The Morgan fingerprint density at radius 2 is 0.838 bits per heavy atom. The zero-order valence-electron chi connectivity index (χ0n) is 39.9. The Morgan fingerprint density at radius 3 is 1.12 bits per heavy atom. The number of carbonyl (C=O) groups excluding carboxylic acids is 2. The molecule has 2 amide bonds. The van der Waals surface area contributed by atoms with Crippen LogP contribution in [0.4, 0.5) is 0 Å². The van der Waals surface area contributed by atoms with Gasteiger partial charge in [0.05, 0.1) is 86.3 Å². The van der Waals surface area contributed by atoms with E-state index in [1.165, 1.54) is 90.9 Å². The molecule has 10 N–H and O–H groups in total. The minimum atomic E-state index is -1.28. The maximum absolute atomic E-state index is 11.7. The summed E-state index contributed by atoms with van der Waals surface area (Å²) in [6.07, 6.45) is 16.3. The van der Waals surface area contributed by atoms with Crippen LogP contribution in [-0.4, -0.2) is 193 Å². The Hall–Kier alpha value is -3.18. The largest absolute Gasteiger partial charge is 0.395 e. The molecule has 20 nitrogen and oxygen atoms in total. The molecular formula is C48H78N10O10. The fraction of sp³-hybridized carbons (Fsp3) is 0.875. The standard InChI is InChI=1S/2C24H39N5O5/c2*1-14(32)25-21-19(11-30)29(20(12-31)22(33)23(21)34)3-2-18-10-28(27-26-18)13-24-7-15-4-16(8-24)6-17(5-15)9-24/h2*10,15-17,19-23,30-31,33-34H,2-9,11-13H2,1H3,(H,25,32)/t15?,16?,17?,19-,20+,21-,22+,23+,24?;15?,16?,17?,19-,20-,21+,22-,23-,24?/m01/s1. The number of nitrogens with one attached hydrogen (secondary N) is 2. The summed E-state index contributed by atoms with van der Waals surface area (Å²) in [4.78, 5) is 26.9. The van der Waals surface area contributed by atoms with Crippen LogP contribution < -0.4 is 10.6 Å². The molecule has 8 saturated carbocycles. The van der Waals surface area contributed by atoms with Gasteiger partial charge in [0.2, 0.25) is 11.8 Å². The van der Waals surface area contributed by atoms with Crippen LogP contribution in [0.3, 0.4) is 0 Å². The molecule has 10 atom stereocenters. The van der Waals surface area contributed by atoms with Crippen molar-refractivity contribution in [1.82, 2.24) is 50.4 Å². The molecule has 68 heavy (non-hydrogen) atoms. The van der Waals surface area contributed by atoms with E-state index in [0.717, 1.165) is 60.0 Å². The van der Waals surface area contributed by atoms with E-state index in [2.05, 4.69) is 31.3 Å². The van der Waals surface area contributed by atoms with Gasteiger partial charge in [0, 0.05) is 65.3 Å². The van der Waals surface area contributed by atoms with Gasteiger partial charge in [-0.25, -0.2) is 0 Å². The van der Waals surface area contributed by atoms with Gasteiger partial charge in [-0.1, -0.05) is 10.4 Å². The van der Waals surface area contributed by atoms with E-state index < -0.39 is 60.7 Å². The molecule has 2 aromatic heterocycles. The third kappa shape index (κ3) is 10.3. The molecule has 20 heteroatoms. The number of aliphatic hydroxyl groups excluding tert-OH is 8. The van der Waals surface area contributed by atoms with Gasteiger partial charge < -0.3 is 51.5 Å². The van der Waals surface area contributed by atoms with Crippen molar-refractivity contribution in [3.63, 3.8) is 0 Å². The maximum Gasteiger partial charge on any atom is 0.217 e. The van der Waals surface area contributed by atoms with Gasteiger partial charge in [-0.2, -0.15) is 0 Å². The molecule has 8 aliphatic carbocycles. The number of nitrogens with zero attached hydrogens (tertiary/aromatic N) is 8. The molecule has 10 fully saturated rings. The molecule has 0 radical (unpaired) electrons. The van der Waals surface area contributed by atoms with Gasteiger partial charge in [-0.3, -0.25) is 28.8 Å². The first-order valence-corrected chi connectivity index (χ1v) is 25.6. The lowest BCUT2D eigenvalue weighted by atomic mass is 9.49. The molecule has 2 aromatic rings. The third-order valence-corrected chi connectivity index (χ3v) is 18.0. The molecule has 4 heterocycles. The van der Waals surface area contributed by atoms with Gasteiger partial charge in [0.25, 0.3) is 0 Å². The van der Waals surface area contributed by atoms with Gasteiger partial charge >= 0.3 is 0 Å². The summed E-state index contributed by atoms with van der Waals surface area (Å²) in [5.74, 6) is 4.61. The monoisotopic (exact) mass is 955 g/mol. The molecule has 12 rings (SSSR count). The van der Waals surface area contributed by atoms with Crippen LogP contribution >= 0.6 is 0 Å². The zero-order chi connectivity index (χ0) is 48.1. The molecule has 2 saturated heterocycles. The first-order chi connectivity index (χ1) is 32.6. The average Bonchev–Trinajstić information content (AvgIpc) is 3.92. The zero-order valence-corrected chi connectivity index (χ0v) is 39.9. The molecule has 380 valence electrons. The van der Waals surface area contributed by atoms with E-state index in [-0.39, 0.29) is 38.2 Å². The molecule has 2 aliphatic heterocycles. The van der Waals surface area contributed by atoms with Crippen molar-refractivity contribution < 1.29 is 50.4 Å². The van der Waals surface area contributed by atoms with E-state index in [1.807, 2.05) is 21.8 Å². The third-order valence-electron chi connectivity index (χ3n) is 18.0. The van der Waals surface area contributed by atoms with Gasteiger partial charge in [-0.15, -0.1) is 10.2 Å². The van der Waals surface area contributed by atoms with Crippen molar-refractivity contribution >= 4 is 11.8 Å². The predicted molar refractivity (Wildman–Crippen MR) is 245 cm³/mol. The predicted octanol–water partition coefficient (Wildman–Crippen LogP) is -1.40. The summed E-state index contributed by atoms with van der Waals surface area (Å²) < 4.78 is 3.98. The lowest BCUT2D eigenvalue weighted by molar-refractivity contribution is -0.144. The quantitative estimate of drug-likeness (QED) is 0.0927. The molecule has 0 unspecified atom stereocenters. The second kappa shape index (κ2) is 20.5. The number of rotatable bonds is 16. The molecular weight excluding hydrogens is 877 g/mol. The number of hydrogen-bond donors (Lipinski definition) is 10. The van der Waals surface area contributed by atoms with Crippen LogP contribution in [0.5, 0.6) is 0 Å². The topological polar surface area (TPSA) is 288 Å². The normalized spacial score (nSPS) is 41.7. The Labute approximate surface area is 398 Å². The van der Waals surface area contributed by atoms with Crippen LogP contribution in [0.1, 0.15) is 102 Å². The van der Waals surface area contributed by atoms with Gasteiger partial charge in [-0.05, 0) is 123 Å². The molecule has 8 bridgehead atoms. The Balaban J connectivity index is 0.000000170. The lowest BCUT2D eigenvalue weighted by Crippen LogP contribution is -2.72. The van der Waals surface area contributed by atoms with Crippen molar-refractivity contribution in [2.75, 3.05) is 39.5 Å². The second-order valence-corrected chi connectivity index (χ2v) is 23.0. The number of aromatic nitrogens is 6. The Bertz CT molecular complexity index is 1830. The summed E-state index contributed by atoms with van der Waals surface area (Å²) in [6.45, 7) is 3.88. The smallest absolute Gasteiger partial charge is 0.217 e. The highest BCUT2D eigenvalue weighted by Gasteiger charge is 2.53. The summed E-state index contributed by atoms with van der Waals surface area (Å²) in [7, 11) is 0. The van der Waals surface area contributed by atoms with E-state index in [1.54, 1.807) is 9.80 Å². The number of piperidine rings is 2. The summed E-state index contributed by atoms with van der Waals surface area (Å²) in [5.41, 5.74) is 2.36. The highest BCUT2D eigenvalue weighted by molar-refractivity contribution is 5.73. The van der Waals surface area contributed by atoms with E-state index in [9.17, 15) is 50.4 Å². The maximum atomic E-state index is 11.7. The lowest BCUT2D eigenvalue weighted by Gasteiger charge is -2.56. The number of hydrogen-bond acceptors (Lipinski definition) is 16. The fourth-order valence-corrected chi connectivity index (χ4v) is 16.2. The highest BCUT2D eigenvalue weighted by atomic mass is 16.3. The van der Waals surface area contributed by atoms with Gasteiger partial charge in [0.1, 0.15) is 12.2 Å². The summed E-state index contributed by atoms with van der Waals surface area (Å²) >= 11 is 0. The van der Waals surface area contributed by atoms with Crippen LogP contribution in [0.15, 0.2) is 12.4 Å². The number of likely N-dealkylation sites (tertiary alicyclic amines) is 2. The minimum absolute atomic E-state index is 0.329. The number of aliphatic hydroxyl groups is 8. The molecule has 10 aliphatic rings. The van der Waals surface area contributed by atoms with Crippen molar-refractivity contribution in [1.29, 1.82) is 0 Å². The van der Waals surface area contributed by atoms with Crippen molar-refractivity contribution in [2.45, 2.75) is 177 Å². The highest BCUT2D eigenvalue weighted by Crippen LogP contribution is 2.61. The average molecular weight is 955 g/mol. The first-order valence-electron chi connectivity index (χ1n) is 25.6. The Kier molecular flexibility index (Phi) is 15.0. The SMILES string of the molecule is CC(=O)N[C@@H]1[C@@H](O)[C@H](O)[C@@H](CO)N(CCc2cn(CC34CC5CC(CC(C5)C3)C4)nn2)[C@@H]1CO.CC(=O)N[C@@H]1[C@@H](O)[C@H](O)[C@@H](CO)N(CCc2cn(CC34CC5CC(CC(C5)C3)C4)nn2)[C@H]1CO.